The van der Waals surface area contributed by atoms with Gasteiger partial charge < -0.3 is 25.0 Å². The Morgan fingerprint density at radius 1 is 1.04 bits per heavy atom. The van der Waals surface area contributed by atoms with E-state index in [9.17, 15) is 15.0 Å². The number of nitrogens with one attached hydrogen (secondary N) is 1. The lowest BCUT2D eigenvalue weighted by Crippen LogP contribution is -2.25. The summed E-state index contributed by atoms with van der Waals surface area (Å²) in [6.45, 7) is 0.440. The van der Waals surface area contributed by atoms with Crippen LogP contribution in [-0.2, 0) is 6.42 Å². The van der Waals surface area contributed by atoms with Crippen LogP contribution < -0.4 is 14.8 Å². The third-order valence-electron chi connectivity index (χ3n) is 3.38. The van der Waals surface area contributed by atoms with Gasteiger partial charge in [-0.1, -0.05) is 12.1 Å². The molecule has 122 valence electrons. The predicted molar refractivity (Wildman–Crippen MR) is 85.4 cm³/mol. The van der Waals surface area contributed by atoms with Crippen LogP contribution in [-0.4, -0.2) is 36.9 Å². The van der Waals surface area contributed by atoms with Crippen LogP contribution in [0.25, 0.3) is 0 Å². The molecular weight excluding hydrogens is 298 g/mol. The molecule has 0 saturated carbocycles. The monoisotopic (exact) mass is 317 g/mol. The van der Waals surface area contributed by atoms with Crippen molar-refractivity contribution in [3.63, 3.8) is 0 Å². The number of phenolic OH excluding ortho intramolecular Hbond substituents is 2. The number of ether oxygens (including phenoxy) is 2. The first-order valence-electron chi connectivity index (χ1n) is 7.06. The number of methoxy groups -OCH3 is 2. The number of hydrogen-bond acceptors (Lipinski definition) is 5. The predicted octanol–water partition coefficient (Wildman–Crippen LogP) is 2.09. The van der Waals surface area contributed by atoms with Crippen LogP contribution in [0.3, 0.4) is 0 Å². The van der Waals surface area contributed by atoms with Gasteiger partial charge in [-0.05, 0) is 36.2 Å². The van der Waals surface area contributed by atoms with E-state index in [1.54, 1.807) is 24.3 Å². The van der Waals surface area contributed by atoms with E-state index in [4.69, 9.17) is 9.47 Å². The summed E-state index contributed by atoms with van der Waals surface area (Å²) in [5, 5.41) is 21.9. The van der Waals surface area contributed by atoms with Crippen molar-refractivity contribution in [1.29, 1.82) is 0 Å². The second-order valence-corrected chi connectivity index (χ2v) is 4.90. The number of phenols is 2. The molecular formula is C17H19NO5. The van der Waals surface area contributed by atoms with Gasteiger partial charge in [0.25, 0.3) is 5.91 Å². The highest BCUT2D eigenvalue weighted by Gasteiger charge is 2.15. The van der Waals surface area contributed by atoms with Crippen LogP contribution in [0.5, 0.6) is 23.0 Å². The summed E-state index contributed by atoms with van der Waals surface area (Å²) in [4.78, 5) is 12.2. The van der Waals surface area contributed by atoms with Gasteiger partial charge in [0, 0.05) is 12.1 Å². The number of amides is 1. The first-order chi connectivity index (χ1) is 11.0. The highest BCUT2D eigenvalue weighted by Crippen LogP contribution is 2.36. The Morgan fingerprint density at radius 3 is 2.13 bits per heavy atom. The molecule has 6 nitrogen and oxygen atoms in total. The van der Waals surface area contributed by atoms with Crippen LogP contribution >= 0.6 is 0 Å². The molecule has 3 N–H and O–H groups in total. The summed E-state index contributed by atoms with van der Waals surface area (Å²) in [6.07, 6.45) is 0.637. The zero-order valence-corrected chi connectivity index (χ0v) is 13.0. The zero-order chi connectivity index (χ0) is 16.8. The third-order valence-corrected chi connectivity index (χ3v) is 3.38. The molecule has 2 rings (SSSR count). The van der Waals surface area contributed by atoms with E-state index in [1.807, 2.05) is 0 Å². The van der Waals surface area contributed by atoms with Crippen LogP contribution in [0.15, 0.2) is 36.4 Å². The highest BCUT2D eigenvalue weighted by molar-refractivity contribution is 5.95. The third kappa shape index (κ3) is 4.06. The summed E-state index contributed by atoms with van der Waals surface area (Å²) in [5.74, 6) is 0.123. The Kier molecular flexibility index (Phi) is 5.30. The van der Waals surface area contributed by atoms with E-state index in [-0.39, 0.29) is 28.9 Å². The number of carbonyl (C=O) groups excluding carboxylic acids is 1. The van der Waals surface area contributed by atoms with E-state index in [1.165, 1.54) is 26.4 Å². The van der Waals surface area contributed by atoms with Crippen molar-refractivity contribution < 1.29 is 24.5 Å². The van der Waals surface area contributed by atoms with Gasteiger partial charge in [0.05, 0.1) is 14.2 Å². The summed E-state index contributed by atoms with van der Waals surface area (Å²) in [7, 11) is 2.81. The van der Waals surface area contributed by atoms with Gasteiger partial charge in [0.2, 0.25) is 5.75 Å². The van der Waals surface area contributed by atoms with Gasteiger partial charge in [0.1, 0.15) is 5.75 Å². The van der Waals surface area contributed by atoms with Gasteiger partial charge >= 0.3 is 0 Å². The van der Waals surface area contributed by atoms with Crippen LogP contribution in [0, 0.1) is 0 Å². The second-order valence-electron chi connectivity index (χ2n) is 4.90. The van der Waals surface area contributed by atoms with E-state index in [0.29, 0.717) is 18.5 Å². The zero-order valence-electron chi connectivity index (χ0n) is 13.0. The normalized spacial score (nSPS) is 10.2. The topological polar surface area (TPSA) is 88.0 Å². The Bertz CT molecular complexity index is 657. The fourth-order valence-electron chi connectivity index (χ4n) is 2.11. The molecule has 0 fully saturated rings. The molecule has 0 aliphatic carbocycles. The lowest BCUT2D eigenvalue weighted by atomic mass is 10.1. The van der Waals surface area contributed by atoms with Crippen molar-refractivity contribution in [2.75, 3.05) is 20.8 Å². The Balaban J connectivity index is 2.01. The highest BCUT2D eigenvalue weighted by atomic mass is 16.5. The maximum absolute atomic E-state index is 12.2. The van der Waals surface area contributed by atoms with Crippen molar-refractivity contribution in [3.05, 3.63) is 47.5 Å². The maximum atomic E-state index is 12.2. The van der Waals surface area contributed by atoms with Gasteiger partial charge in [-0.2, -0.15) is 0 Å². The quantitative estimate of drug-likeness (QED) is 0.759. The van der Waals surface area contributed by atoms with E-state index < -0.39 is 0 Å². The standard InChI is InChI=1S/C17H19NO5/c1-22-14-9-12(10-15(23-2)16(14)20)17(21)18-8-7-11-3-5-13(19)6-4-11/h3-6,9-10,19-20H,7-8H2,1-2H3,(H,18,21). The first kappa shape index (κ1) is 16.5. The minimum absolute atomic E-state index is 0.143. The number of carbonyl (C=O) groups is 1. The summed E-state index contributed by atoms with van der Waals surface area (Å²) in [5.41, 5.74) is 1.34. The minimum Gasteiger partial charge on any atom is -0.508 e. The Morgan fingerprint density at radius 2 is 1.61 bits per heavy atom. The SMILES string of the molecule is COc1cc(C(=O)NCCc2ccc(O)cc2)cc(OC)c1O. The van der Waals surface area contributed by atoms with Crippen molar-refractivity contribution in [3.8, 4) is 23.0 Å². The first-order valence-corrected chi connectivity index (χ1v) is 7.06. The molecule has 0 aromatic heterocycles. The molecule has 0 radical (unpaired) electrons. The molecule has 6 heteroatoms. The lowest BCUT2D eigenvalue weighted by Gasteiger charge is -2.11. The number of rotatable bonds is 6. The van der Waals surface area contributed by atoms with Gasteiger partial charge in [-0.3, -0.25) is 4.79 Å². The molecule has 0 saturated heterocycles. The molecule has 0 spiro atoms. The van der Waals surface area contributed by atoms with E-state index in [2.05, 4.69) is 5.32 Å². The summed E-state index contributed by atoms with van der Waals surface area (Å²) in [6, 6.07) is 9.71. The van der Waals surface area contributed by atoms with Crippen molar-refractivity contribution >= 4 is 5.91 Å². The second kappa shape index (κ2) is 7.40. The van der Waals surface area contributed by atoms with Gasteiger partial charge in [-0.25, -0.2) is 0 Å². The van der Waals surface area contributed by atoms with Gasteiger partial charge in [-0.15, -0.1) is 0 Å². The molecule has 1 amide bonds. The Hall–Kier alpha value is -2.89. The van der Waals surface area contributed by atoms with Gasteiger partial charge in [0.15, 0.2) is 11.5 Å². The minimum atomic E-state index is -0.291. The molecule has 0 aliphatic rings. The smallest absolute Gasteiger partial charge is 0.251 e. The lowest BCUT2D eigenvalue weighted by molar-refractivity contribution is 0.0953. The summed E-state index contributed by atoms with van der Waals surface area (Å²) < 4.78 is 10.1. The molecule has 0 atom stereocenters. The number of hydrogen-bond donors (Lipinski definition) is 3. The van der Waals surface area contributed by atoms with E-state index in [0.717, 1.165) is 5.56 Å². The number of aromatic hydroxyl groups is 2. The molecule has 0 bridgehead atoms. The fourth-order valence-corrected chi connectivity index (χ4v) is 2.11. The number of benzene rings is 2. The Labute approximate surface area is 134 Å². The molecule has 0 heterocycles. The van der Waals surface area contributed by atoms with Crippen LogP contribution in [0.1, 0.15) is 15.9 Å². The average molecular weight is 317 g/mol. The molecule has 2 aromatic carbocycles. The van der Waals surface area contributed by atoms with Crippen molar-refractivity contribution in [1.82, 2.24) is 5.32 Å². The molecule has 2 aromatic rings. The average Bonchev–Trinajstić information content (AvgIpc) is 2.56. The van der Waals surface area contributed by atoms with Crippen LogP contribution in [0.4, 0.5) is 0 Å². The van der Waals surface area contributed by atoms with Crippen molar-refractivity contribution in [2.45, 2.75) is 6.42 Å². The van der Waals surface area contributed by atoms with E-state index >= 15 is 0 Å². The van der Waals surface area contributed by atoms with Crippen molar-refractivity contribution in [2.24, 2.45) is 0 Å². The molecule has 0 aliphatic heterocycles. The van der Waals surface area contributed by atoms with Crippen LogP contribution in [0.2, 0.25) is 0 Å². The maximum Gasteiger partial charge on any atom is 0.251 e. The summed E-state index contributed by atoms with van der Waals surface area (Å²) >= 11 is 0. The fraction of sp³-hybridized carbons (Fsp3) is 0.235. The molecule has 0 unspecified atom stereocenters. The largest absolute Gasteiger partial charge is 0.508 e. The molecule has 23 heavy (non-hydrogen) atoms.